The highest BCUT2D eigenvalue weighted by Crippen LogP contribution is 2.12. The predicted octanol–water partition coefficient (Wildman–Crippen LogP) is 2.36. The van der Waals surface area contributed by atoms with E-state index in [-0.39, 0.29) is 6.42 Å². The molecule has 1 atom stereocenters. The molecule has 0 radical (unpaired) electrons. The summed E-state index contributed by atoms with van der Waals surface area (Å²) in [5.41, 5.74) is 0.0610. The minimum Gasteiger partial charge on any atom is -0.465 e. The minimum absolute atomic E-state index is 0.182. The van der Waals surface area contributed by atoms with Gasteiger partial charge in [-0.2, -0.15) is 0 Å². The van der Waals surface area contributed by atoms with Crippen LogP contribution in [0, 0.1) is 0 Å². The van der Waals surface area contributed by atoms with Gasteiger partial charge in [0.1, 0.15) is 16.2 Å². The maximum Gasteiger partial charge on any atom is 0.405 e. The van der Waals surface area contributed by atoms with E-state index in [2.05, 4.69) is 26.2 Å². The zero-order valence-corrected chi connectivity index (χ0v) is 13.1. The van der Waals surface area contributed by atoms with Gasteiger partial charge in [-0.05, 0) is 48.3 Å². The van der Waals surface area contributed by atoms with E-state index in [1.165, 1.54) is 0 Å². The molecule has 6 nitrogen and oxygen atoms in total. The summed E-state index contributed by atoms with van der Waals surface area (Å²) in [5, 5.41) is 11.0. The van der Waals surface area contributed by atoms with Gasteiger partial charge >= 0.3 is 12.1 Å². The van der Waals surface area contributed by atoms with Gasteiger partial charge in [-0.15, -0.1) is 0 Å². The molecule has 1 amide bonds. The fourth-order valence-corrected chi connectivity index (χ4v) is 1.71. The molecule has 0 saturated heterocycles. The highest BCUT2D eigenvalue weighted by atomic mass is 79.9. The lowest BCUT2D eigenvalue weighted by Crippen LogP contribution is -2.45. The molecule has 0 spiro atoms. The van der Waals surface area contributed by atoms with Crippen molar-refractivity contribution in [3.63, 3.8) is 0 Å². The minimum atomic E-state index is -1.27. The van der Waals surface area contributed by atoms with Crippen LogP contribution in [0.2, 0.25) is 0 Å². The number of nitrogens with zero attached hydrogens (tertiary/aromatic N) is 1. The Morgan fingerprint density at radius 3 is 2.55 bits per heavy atom. The van der Waals surface area contributed by atoms with E-state index in [1.807, 2.05) is 0 Å². The van der Waals surface area contributed by atoms with Gasteiger partial charge in [-0.3, -0.25) is 0 Å². The summed E-state index contributed by atoms with van der Waals surface area (Å²) in [6.07, 6.45) is 0.484. The number of halogens is 1. The molecule has 1 aromatic rings. The maximum absolute atomic E-state index is 12.0. The Hall–Kier alpha value is -1.63. The maximum atomic E-state index is 12.0. The van der Waals surface area contributed by atoms with Crippen molar-refractivity contribution in [2.45, 2.75) is 38.8 Å². The van der Waals surface area contributed by atoms with Crippen LogP contribution in [0.4, 0.5) is 4.79 Å². The van der Waals surface area contributed by atoms with Crippen LogP contribution in [0.3, 0.4) is 0 Å². The molecule has 0 fully saturated rings. The van der Waals surface area contributed by atoms with Gasteiger partial charge in [0, 0.05) is 12.6 Å². The quantitative estimate of drug-likeness (QED) is 0.646. The average molecular weight is 345 g/mol. The van der Waals surface area contributed by atoms with E-state index in [9.17, 15) is 9.59 Å². The summed E-state index contributed by atoms with van der Waals surface area (Å²) >= 11 is 3.21. The number of aromatic nitrogens is 1. The average Bonchev–Trinajstić information content (AvgIpc) is 2.28. The smallest absolute Gasteiger partial charge is 0.405 e. The first kappa shape index (κ1) is 16.4. The molecule has 2 N–H and O–H groups in total. The first-order chi connectivity index (χ1) is 9.17. The zero-order chi connectivity index (χ0) is 15.3. The molecule has 1 rings (SSSR count). The normalized spacial score (nSPS) is 12.6. The molecular weight excluding hydrogens is 328 g/mol. The zero-order valence-electron chi connectivity index (χ0n) is 11.5. The monoisotopic (exact) mass is 344 g/mol. The van der Waals surface area contributed by atoms with Crippen molar-refractivity contribution in [1.29, 1.82) is 0 Å². The van der Waals surface area contributed by atoms with Gasteiger partial charge < -0.3 is 15.2 Å². The number of carbonyl (C=O) groups excluding carboxylic acids is 1. The molecule has 7 heteroatoms. The lowest BCUT2D eigenvalue weighted by atomic mass is 10.1. The summed E-state index contributed by atoms with van der Waals surface area (Å²) in [5.74, 6) is -0.609. The molecular formula is C13H17BrN2O4. The van der Waals surface area contributed by atoms with Gasteiger partial charge in [0.2, 0.25) is 0 Å². The fraction of sp³-hybridized carbons (Fsp3) is 0.462. The third-order valence-corrected chi connectivity index (χ3v) is 2.69. The number of carbonyl (C=O) groups is 2. The molecule has 0 unspecified atom stereocenters. The summed E-state index contributed by atoms with van der Waals surface area (Å²) in [4.78, 5) is 26.8. The van der Waals surface area contributed by atoms with Crippen LogP contribution in [0.1, 0.15) is 26.3 Å². The number of ether oxygens (including phenoxy) is 1. The molecule has 1 heterocycles. The second-order valence-electron chi connectivity index (χ2n) is 5.23. The van der Waals surface area contributed by atoms with Crippen LogP contribution in [-0.4, -0.2) is 33.8 Å². The summed E-state index contributed by atoms with van der Waals surface area (Å²) < 4.78 is 5.87. The van der Waals surface area contributed by atoms with Crippen molar-refractivity contribution >= 4 is 28.0 Å². The van der Waals surface area contributed by atoms with Crippen LogP contribution < -0.4 is 5.32 Å². The van der Waals surface area contributed by atoms with Gasteiger partial charge in [0.05, 0.1) is 0 Å². The van der Waals surface area contributed by atoms with E-state index in [0.717, 1.165) is 5.56 Å². The molecule has 0 aliphatic carbocycles. The van der Waals surface area contributed by atoms with Gasteiger partial charge in [-0.1, -0.05) is 6.07 Å². The van der Waals surface area contributed by atoms with Crippen molar-refractivity contribution < 1.29 is 19.4 Å². The Kier molecular flexibility index (Phi) is 5.50. The van der Waals surface area contributed by atoms with E-state index >= 15 is 0 Å². The summed E-state index contributed by atoms with van der Waals surface area (Å²) in [6, 6.07) is 2.52. The molecule has 0 bridgehead atoms. The number of hydrogen-bond acceptors (Lipinski definition) is 4. The van der Waals surface area contributed by atoms with Crippen LogP contribution in [-0.2, 0) is 16.0 Å². The Morgan fingerprint density at radius 1 is 1.45 bits per heavy atom. The molecule has 0 saturated carbocycles. The SMILES string of the molecule is CC(C)(C)OC(=O)[C@H](Cc1ccc(Br)nc1)NC(=O)O. The summed E-state index contributed by atoms with van der Waals surface area (Å²) in [7, 11) is 0. The predicted molar refractivity (Wildman–Crippen MR) is 76.4 cm³/mol. The van der Waals surface area contributed by atoms with Crippen LogP contribution in [0.15, 0.2) is 22.9 Å². The van der Waals surface area contributed by atoms with Crippen LogP contribution in [0.5, 0.6) is 0 Å². The van der Waals surface area contributed by atoms with Crippen LogP contribution >= 0.6 is 15.9 Å². The van der Waals surface area contributed by atoms with Crippen molar-refractivity contribution in [2.75, 3.05) is 0 Å². The van der Waals surface area contributed by atoms with Gasteiger partial charge in [0.15, 0.2) is 0 Å². The van der Waals surface area contributed by atoms with E-state index in [4.69, 9.17) is 9.84 Å². The van der Waals surface area contributed by atoms with Crippen molar-refractivity contribution in [3.05, 3.63) is 28.5 Å². The third-order valence-electron chi connectivity index (χ3n) is 2.22. The lowest BCUT2D eigenvalue weighted by Gasteiger charge is -2.23. The highest BCUT2D eigenvalue weighted by molar-refractivity contribution is 9.10. The number of nitrogens with one attached hydrogen (secondary N) is 1. The number of amides is 1. The Bertz CT molecular complexity index is 482. The van der Waals surface area contributed by atoms with E-state index < -0.39 is 23.7 Å². The number of esters is 1. The molecule has 0 aliphatic heterocycles. The third kappa shape index (κ3) is 6.01. The first-order valence-electron chi connectivity index (χ1n) is 6.00. The molecule has 1 aromatic heterocycles. The molecule has 0 aliphatic rings. The first-order valence-corrected chi connectivity index (χ1v) is 6.79. The van der Waals surface area contributed by atoms with E-state index in [1.54, 1.807) is 39.1 Å². The lowest BCUT2D eigenvalue weighted by molar-refractivity contribution is -0.157. The van der Waals surface area contributed by atoms with Crippen molar-refractivity contribution in [2.24, 2.45) is 0 Å². The highest BCUT2D eigenvalue weighted by Gasteiger charge is 2.26. The number of hydrogen-bond donors (Lipinski definition) is 2. The molecule has 110 valence electrons. The van der Waals surface area contributed by atoms with E-state index in [0.29, 0.717) is 4.60 Å². The largest absolute Gasteiger partial charge is 0.465 e. The van der Waals surface area contributed by atoms with Gasteiger partial charge in [-0.25, -0.2) is 14.6 Å². The van der Waals surface area contributed by atoms with Crippen molar-refractivity contribution in [3.8, 4) is 0 Å². The topological polar surface area (TPSA) is 88.5 Å². The fourth-order valence-electron chi connectivity index (χ4n) is 1.48. The Balaban J connectivity index is 2.81. The van der Waals surface area contributed by atoms with Gasteiger partial charge in [0.25, 0.3) is 0 Å². The number of rotatable bonds is 4. The molecule has 20 heavy (non-hydrogen) atoms. The Morgan fingerprint density at radius 2 is 2.10 bits per heavy atom. The standard InChI is InChI=1S/C13H17BrN2O4/c1-13(2,3)20-11(17)9(16-12(18)19)6-8-4-5-10(14)15-7-8/h4-5,7,9,16H,6H2,1-3H3,(H,18,19)/t9-/m0/s1. The number of carboxylic acid groups (broad SMARTS) is 1. The second kappa shape index (κ2) is 6.69. The molecule has 0 aromatic carbocycles. The Labute approximate surface area is 125 Å². The number of pyridine rings is 1. The van der Waals surface area contributed by atoms with Crippen molar-refractivity contribution in [1.82, 2.24) is 10.3 Å². The second-order valence-corrected chi connectivity index (χ2v) is 6.04. The van der Waals surface area contributed by atoms with Crippen LogP contribution in [0.25, 0.3) is 0 Å². The summed E-state index contributed by atoms with van der Waals surface area (Å²) in [6.45, 7) is 5.18.